The van der Waals surface area contributed by atoms with Gasteiger partial charge in [-0.2, -0.15) is 0 Å². The number of nitrogens with one attached hydrogen (secondary N) is 1. The van der Waals surface area contributed by atoms with Gasteiger partial charge in [-0.25, -0.2) is 4.98 Å². The van der Waals surface area contributed by atoms with E-state index in [4.69, 9.17) is 4.74 Å². The van der Waals surface area contributed by atoms with Crippen LogP contribution in [0.2, 0.25) is 0 Å². The van der Waals surface area contributed by atoms with Crippen LogP contribution in [0.15, 0.2) is 24.3 Å². The summed E-state index contributed by atoms with van der Waals surface area (Å²) in [7, 11) is 1.45. The Labute approximate surface area is 122 Å². The molecule has 1 aromatic carbocycles. The standard InChI is InChI=1S/C15H18N4O2/c1-21-14(20)10-6-8-11(9-7-10)16-15-17-12-4-2-3-5-13(12)18-19-15/h2-5,10-11H,6-9H2,1H3,(H,16,17,19). The number of carbonyl (C=O) groups excluding carboxylic acids is 1. The first-order chi connectivity index (χ1) is 10.3. The summed E-state index contributed by atoms with van der Waals surface area (Å²) >= 11 is 0. The molecule has 1 fully saturated rings. The minimum Gasteiger partial charge on any atom is -0.469 e. The first-order valence-corrected chi connectivity index (χ1v) is 7.20. The normalized spacial score (nSPS) is 22.0. The molecule has 1 aliphatic rings. The number of hydrogen-bond donors (Lipinski definition) is 1. The summed E-state index contributed by atoms with van der Waals surface area (Å²) < 4.78 is 4.80. The fraction of sp³-hybridized carbons (Fsp3) is 0.467. The summed E-state index contributed by atoms with van der Waals surface area (Å²) in [5.41, 5.74) is 1.62. The average Bonchev–Trinajstić information content (AvgIpc) is 2.55. The molecule has 0 aliphatic heterocycles. The average molecular weight is 286 g/mol. The minimum absolute atomic E-state index is 0.0312. The lowest BCUT2D eigenvalue weighted by Gasteiger charge is -2.27. The number of hydrogen-bond acceptors (Lipinski definition) is 6. The van der Waals surface area contributed by atoms with Crippen molar-refractivity contribution >= 4 is 23.0 Å². The van der Waals surface area contributed by atoms with Gasteiger partial charge in [-0.15, -0.1) is 10.2 Å². The Morgan fingerprint density at radius 2 is 1.86 bits per heavy atom. The summed E-state index contributed by atoms with van der Waals surface area (Å²) in [6.45, 7) is 0. The minimum atomic E-state index is -0.0999. The van der Waals surface area contributed by atoms with Gasteiger partial charge >= 0.3 is 5.97 Å². The van der Waals surface area contributed by atoms with Gasteiger partial charge in [-0.3, -0.25) is 4.79 Å². The molecule has 3 rings (SSSR count). The van der Waals surface area contributed by atoms with E-state index >= 15 is 0 Å². The summed E-state index contributed by atoms with van der Waals surface area (Å²) in [5, 5.41) is 11.6. The van der Waals surface area contributed by atoms with Crippen molar-refractivity contribution in [3.05, 3.63) is 24.3 Å². The van der Waals surface area contributed by atoms with Crippen LogP contribution in [0.1, 0.15) is 25.7 Å². The highest BCUT2D eigenvalue weighted by Crippen LogP contribution is 2.26. The quantitative estimate of drug-likeness (QED) is 0.871. The number of carbonyl (C=O) groups is 1. The number of rotatable bonds is 3. The van der Waals surface area contributed by atoms with Crippen LogP contribution in [0.5, 0.6) is 0 Å². The second kappa shape index (κ2) is 6.03. The highest BCUT2D eigenvalue weighted by molar-refractivity contribution is 5.74. The zero-order valence-corrected chi connectivity index (χ0v) is 12.0. The molecular formula is C15H18N4O2. The van der Waals surface area contributed by atoms with Gasteiger partial charge in [0.2, 0.25) is 5.95 Å². The van der Waals surface area contributed by atoms with Crippen LogP contribution in [0.3, 0.4) is 0 Å². The van der Waals surface area contributed by atoms with E-state index in [1.165, 1.54) is 7.11 Å². The molecular weight excluding hydrogens is 268 g/mol. The molecule has 6 nitrogen and oxygen atoms in total. The Kier molecular flexibility index (Phi) is 3.94. The number of anilines is 1. The second-order valence-corrected chi connectivity index (χ2v) is 5.34. The maximum absolute atomic E-state index is 11.5. The van der Waals surface area contributed by atoms with Crippen LogP contribution in [0.4, 0.5) is 5.95 Å². The van der Waals surface area contributed by atoms with Crippen molar-refractivity contribution in [1.82, 2.24) is 15.2 Å². The van der Waals surface area contributed by atoms with Crippen molar-refractivity contribution in [2.75, 3.05) is 12.4 Å². The van der Waals surface area contributed by atoms with Crippen molar-refractivity contribution in [3.8, 4) is 0 Å². The van der Waals surface area contributed by atoms with Crippen LogP contribution >= 0.6 is 0 Å². The highest BCUT2D eigenvalue weighted by Gasteiger charge is 2.27. The van der Waals surface area contributed by atoms with E-state index in [0.717, 1.165) is 36.7 Å². The Bertz CT molecular complexity index is 638. The molecule has 0 saturated heterocycles. The second-order valence-electron chi connectivity index (χ2n) is 5.34. The molecule has 0 atom stereocenters. The highest BCUT2D eigenvalue weighted by atomic mass is 16.5. The van der Waals surface area contributed by atoms with Gasteiger partial charge in [0.1, 0.15) is 5.52 Å². The third-order valence-corrected chi connectivity index (χ3v) is 3.96. The molecule has 1 N–H and O–H groups in total. The molecule has 1 aromatic heterocycles. The molecule has 0 unspecified atom stereocenters. The van der Waals surface area contributed by atoms with Crippen molar-refractivity contribution in [1.29, 1.82) is 0 Å². The Hall–Kier alpha value is -2.24. The van der Waals surface area contributed by atoms with Gasteiger partial charge in [-0.1, -0.05) is 12.1 Å². The molecule has 0 amide bonds. The zero-order chi connectivity index (χ0) is 14.7. The topological polar surface area (TPSA) is 77.0 Å². The summed E-state index contributed by atoms with van der Waals surface area (Å²) in [6.07, 6.45) is 3.50. The zero-order valence-electron chi connectivity index (χ0n) is 12.0. The van der Waals surface area contributed by atoms with Crippen molar-refractivity contribution < 1.29 is 9.53 Å². The lowest BCUT2D eigenvalue weighted by molar-refractivity contribution is -0.146. The molecule has 0 bridgehead atoms. The van der Waals surface area contributed by atoms with E-state index in [-0.39, 0.29) is 17.9 Å². The fourth-order valence-corrected chi connectivity index (χ4v) is 2.76. The van der Waals surface area contributed by atoms with Crippen LogP contribution in [0, 0.1) is 5.92 Å². The fourth-order valence-electron chi connectivity index (χ4n) is 2.76. The molecule has 6 heteroatoms. The smallest absolute Gasteiger partial charge is 0.308 e. The van der Waals surface area contributed by atoms with Gasteiger partial charge in [0.05, 0.1) is 18.5 Å². The van der Waals surface area contributed by atoms with Crippen molar-refractivity contribution in [3.63, 3.8) is 0 Å². The maximum Gasteiger partial charge on any atom is 0.308 e. The van der Waals surface area contributed by atoms with Crippen molar-refractivity contribution in [2.45, 2.75) is 31.7 Å². The largest absolute Gasteiger partial charge is 0.469 e. The van der Waals surface area contributed by atoms with Gasteiger partial charge in [0.25, 0.3) is 0 Å². The third kappa shape index (κ3) is 3.09. The number of esters is 1. The van der Waals surface area contributed by atoms with Crippen LogP contribution in [0.25, 0.3) is 11.0 Å². The van der Waals surface area contributed by atoms with Gasteiger partial charge in [0, 0.05) is 6.04 Å². The lowest BCUT2D eigenvalue weighted by Crippen LogP contribution is -2.30. The number of nitrogens with zero attached hydrogens (tertiary/aromatic N) is 3. The summed E-state index contributed by atoms with van der Waals surface area (Å²) in [4.78, 5) is 16.0. The molecule has 21 heavy (non-hydrogen) atoms. The van der Waals surface area contributed by atoms with Crippen LogP contribution < -0.4 is 5.32 Å². The molecule has 0 radical (unpaired) electrons. The number of benzene rings is 1. The maximum atomic E-state index is 11.5. The Morgan fingerprint density at radius 1 is 1.14 bits per heavy atom. The summed E-state index contributed by atoms with van der Waals surface area (Å²) in [6, 6.07) is 7.94. The number of fused-ring (bicyclic) bond motifs is 1. The monoisotopic (exact) mass is 286 g/mol. The molecule has 1 heterocycles. The molecule has 1 saturated carbocycles. The Morgan fingerprint density at radius 3 is 2.57 bits per heavy atom. The lowest BCUT2D eigenvalue weighted by atomic mass is 9.86. The molecule has 0 spiro atoms. The predicted molar refractivity (Wildman–Crippen MR) is 78.7 cm³/mol. The number of aromatic nitrogens is 3. The SMILES string of the molecule is COC(=O)C1CCC(Nc2nnc3ccccc3n2)CC1. The van der Waals surface area contributed by atoms with E-state index in [1.54, 1.807) is 0 Å². The predicted octanol–water partition coefficient (Wildman–Crippen LogP) is 2.17. The third-order valence-electron chi connectivity index (χ3n) is 3.96. The van der Waals surface area contributed by atoms with Crippen LogP contribution in [-0.2, 0) is 9.53 Å². The van der Waals surface area contributed by atoms with Crippen LogP contribution in [-0.4, -0.2) is 34.3 Å². The van der Waals surface area contributed by atoms with E-state index in [1.807, 2.05) is 24.3 Å². The first kappa shape index (κ1) is 13.7. The first-order valence-electron chi connectivity index (χ1n) is 7.20. The van der Waals surface area contributed by atoms with Gasteiger partial charge in [0.15, 0.2) is 0 Å². The Balaban J connectivity index is 1.63. The van der Waals surface area contributed by atoms with E-state index in [0.29, 0.717) is 5.95 Å². The summed E-state index contributed by atoms with van der Waals surface area (Å²) in [5.74, 6) is 0.482. The van der Waals surface area contributed by atoms with E-state index < -0.39 is 0 Å². The number of ether oxygens (including phenoxy) is 1. The van der Waals surface area contributed by atoms with Gasteiger partial charge in [-0.05, 0) is 37.8 Å². The van der Waals surface area contributed by atoms with E-state index in [2.05, 4.69) is 20.5 Å². The molecule has 2 aromatic rings. The van der Waals surface area contributed by atoms with Gasteiger partial charge < -0.3 is 10.1 Å². The van der Waals surface area contributed by atoms with E-state index in [9.17, 15) is 4.79 Å². The molecule has 110 valence electrons. The number of methoxy groups -OCH3 is 1. The molecule has 1 aliphatic carbocycles. The van der Waals surface area contributed by atoms with Crippen molar-refractivity contribution in [2.24, 2.45) is 5.92 Å². The number of para-hydroxylation sites is 1.